The maximum Gasteiger partial charge on any atom is 0.326 e. The third-order valence-electron chi connectivity index (χ3n) is 3.03. The number of likely N-dealkylation sites (N-methyl/N-ethyl adjacent to an activating group) is 1. The molecule has 0 spiro atoms. The topological polar surface area (TPSA) is 49.8 Å². The zero-order valence-electron chi connectivity index (χ0n) is 11.4. The Morgan fingerprint density at radius 3 is 2.56 bits per heavy atom. The lowest BCUT2D eigenvalue weighted by molar-refractivity contribution is -0.138. The maximum atomic E-state index is 11.3. The van der Waals surface area contributed by atoms with E-state index in [9.17, 15) is 9.90 Å². The van der Waals surface area contributed by atoms with E-state index >= 15 is 0 Å². The Hall–Kier alpha value is -1.71. The van der Waals surface area contributed by atoms with Crippen LogP contribution in [0.5, 0.6) is 5.75 Å². The van der Waals surface area contributed by atoms with Gasteiger partial charge < -0.3 is 14.7 Å². The molecular formula is C14H21NO3. The molecule has 0 saturated carbocycles. The van der Waals surface area contributed by atoms with Gasteiger partial charge in [-0.25, -0.2) is 4.79 Å². The molecule has 0 amide bonds. The third kappa shape index (κ3) is 2.94. The van der Waals surface area contributed by atoms with Crippen molar-refractivity contribution in [2.75, 3.05) is 18.6 Å². The van der Waals surface area contributed by atoms with Crippen molar-refractivity contribution in [3.8, 4) is 5.75 Å². The van der Waals surface area contributed by atoms with Crippen LogP contribution in [0.15, 0.2) is 18.2 Å². The average molecular weight is 251 g/mol. The minimum Gasteiger partial charge on any atom is -0.495 e. The summed E-state index contributed by atoms with van der Waals surface area (Å²) in [6.07, 6.45) is 0.556. The quantitative estimate of drug-likeness (QED) is 0.844. The highest BCUT2D eigenvalue weighted by atomic mass is 16.5. The number of methoxy groups -OCH3 is 1. The predicted molar refractivity (Wildman–Crippen MR) is 72.5 cm³/mol. The number of nitrogens with zero attached hydrogens (tertiary/aromatic N) is 1. The highest BCUT2D eigenvalue weighted by molar-refractivity contribution is 5.79. The summed E-state index contributed by atoms with van der Waals surface area (Å²) in [5.41, 5.74) is 1.93. The van der Waals surface area contributed by atoms with Gasteiger partial charge in [0.1, 0.15) is 11.8 Å². The van der Waals surface area contributed by atoms with Crippen LogP contribution in [0.2, 0.25) is 0 Å². The largest absolute Gasteiger partial charge is 0.495 e. The van der Waals surface area contributed by atoms with Gasteiger partial charge in [-0.05, 0) is 38.0 Å². The SMILES string of the molecule is CCC(C(=O)O)N(CC)c1cc(C)ccc1OC. The van der Waals surface area contributed by atoms with E-state index in [-0.39, 0.29) is 0 Å². The second-order valence-electron chi connectivity index (χ2n) is 4.22. The van der Waals surface area contributed by atoms with E-state index in [0.717, 1.165) is 11.3 Å². The number of rotatable bonds is 6. The van der Waals surface area contributed by atoms with Crippen LogP contribution in [0, 0.1) is 6.92 Å². The Kier molecular flexibility index (Phi) is 5.01. The van der Waals surface area contributed by atoms with Crippen molar-refractivity contribution < 1.29 is 14.6 Å². The van der Waals surface area contributed by atoms with Gasteiger partial charge in [-0.2, -0.15) is 0 Å². The van der Waals surface area contributed by atoms with E-state index in [2.05, 4.69) is 0 Å². The van der Waals surface area contributed by atoms with Gasteiger partial charge in [0, 0.05) is 6.54 Å². The van der Waals surface area contributed by atoms with E-state index in [1.807, 2.05) is 43.9 Å². The van der Waals surface area contributed by atoms with Crippen LogP contribution in [0.25, 0.3) is 0 Å². The summed E-state index contributed by atoms with van der Waals surface area (Å²) in [5.74, 6) is -0.0925. The fourth-order valence-corrected chi connectivity index (χ4v) is 2.11. The fraction of sp³-hybridized carbons (Fsp3) is 0.500. The molecule has 0 bridgehead atoms. The lowest BCUT2D eigenvalue weighted by atomic mass is 10.1. The molecule has 1 unspecified atom stereocenters. The van der Waals surface area contributed by atoms with Gasteiger partial charge in [-0.1, -0.05) is 13.0 Å². The average Bonchev–Trinajstić information content (AvgIpc) is 2.35. The van der Waals surface area contributed by atoms with Crippen molar-refractivity contribution in [3.63, 3.8) is 0 Å². The molecule has 1 atom stereocenters. The van der Waals surface area contributed by atoms with Gasteiger partial charge in [0.15, 0.2) is 0 Å². The molecule has 4 nitrogen and oxygen atoms in total. The molecule has 100 valence electrons. The summed E-state index contributed by atoms with van der Waals surface area (Å²) in [4.78, 5) is 13.2. The Bertz CT molecular complexity index is 418. The normalized spacial score (nSPS) is 12.0. The number of carbonyl (C=O) groups is 1. The van der Waals surface area contributed by atoms with E-state index < -0.39 is 12.0 Å². The van der Waals surface area contributed by atoms with Crippen molar-refractivity contribution in [1.82, 2.24) is 0 Å². The van der Waals surface area contributed by atoms with Crippen LogP contribution >= 0.6 is 0 Å². The van der Waals surface area contributed by atoms with Gasteiger partial charge in [-0.15, -0.1) is 0 Å². The predicted octanol–water partition coefficient (Wildman–Crippen LogP) is 2.69. The van der Waals surface area contributed by atoms with Gasteiger partial charge in [0.25, 0.3) is 0 Å². The smallest absolute Gasteiger partial charge is 0.326 e. The molecule has 18 heavy (non-hydrogen) atoms. The van der Waals surface area contributed by atoms with E-state index in [4.69, 9.17) is 4.74 Å². The summed E-state index contributed by atoms with van der Waals surface area (Å²) in [7, 11) is 1.60. The number of ether oxygens (including phenoxy) is 1. The first-order valence-electron chi connectivity index (χ1n) is 6.19. The number of anilines is 1. The molecule has 0 aromatic heterocycles. The lowest BCUT2D eigenvalue weighted by Crippen LogP contribution is -2.41. The molecule has 0 aliphatic carbocycles. The highest BCUT2D eigenvalue weighted by Crippen LogP contribution is 2.31. The molecule has 0 fully saturated rings. The second kappa shape index (κ2) is 6.28. The molecule has 1 aromatic carbocycles. The highest BCUT2D eigenvalue weighted by Gasteiger charge is 2.25. The van der Waals surface area contributed by atoms with Crippen molar-refractivity contribution in [2.24, 2.45) is 0 Å². The van der Waals surface area contributed by atoms with Gasteiger partial charge in [0.2, 0.25) is 0 Å². The maximum absolute atomic E-state index is 11.3. The third-order valence-corrected chi connectivity index (χ3v) is 3.03. The van der Waals surface area contributed by atoms with Crippen molar-refractivity contribution in [3.05, 3.63) is 23.8 Å². The Morgan fingerprint density at radius 1 is 1.44 bits per heavy atom. The standard InChI is InChI=1S/C14H21NO3/c1-5-11(14(16)17)15(6-2)12-9-10(3)7-8-13(12)18-4/h7-9,11H,5-6H2,1-4H3,(H,16,17). The Morgan fingerprint density at radius 2 is 2.11 bits per heavy atom. The van der Waals surface area contributed by atoms with Crippen LogP contribution in [0.3, 0.4) is 0 Å². The lowest BCUT2D eigenvalue weighted by Gasteiger charge is -2.30. The van der Waals surface area contributed by atoms with Crippen LogP contribution in [-0.2, 0) is 4.79 Å². The number of aliphatic carboxylic acids is 1. The number of aryl methyl sites for hydroxylation is 1. The minimum atomic E-state index is -0.803. The number of benzene rings is 1. The summed E-state index contributed by atoms with van der Waals surface area (Å²) in [5, 5.41) is 9.29. The summed E-state index contributed by atoms with van der Waals surface area (Å²) >= 11 is 0. The summed E-state index contributed by atoms with van der Waals surface area (Å²) in [6.45, 7) is 6.44. The summed E-state index contributed by atoms with van der Waals surface area (Å²) in [6, 6.07) is 5.28. The Balaban J connectivity index is 3.22. The number of hydrogen-bond acceptors (Lipinski definition) is 3. The monoisotopic (exact) mass is 251 g/mol. The fourth-order valence-electron chi connectivity index (χ4n) is 2.11. The van der Waals surface area contributed by atoms with Crippen LogP contribution in [0.1, 0.15) is 25.8 Å². The minimum absolute atomic E-state index is 0.523. The molecule has 1 aromatic rings. The van der Waals surface area contributed by atoms with Gasteiger partial charge in [0.05, 0.1) is 12.8 Å². The van der Waals surface area contributed by atoms with Crippen LogP contribution in [0.4, 0.5) is 5.69 Å². The van der Waals surface area contributed by atoms with Crippen molar-refractivity contribution >= 4 is 11.7 Å². The van der Waals surface area contributed by atoms with Gasteiger partial charge in [-0.3, -0.25) is 0 Å². The number of carboxylic acid groups (broad SMARTS) is 1. The van der Waals surface area contributed by atoms with Crippen LogP contribution in [-0.4, -0.2) is 30.8 Å². The molecule has 0 saturated heterocycles. The van der Waals surface area contributed by atoms with Crippen LogP contribution < -0.4 is 9.64 Å². The second-order valence-corrected chi connectivity index (χ2v) is 4.22. The molecule has 1 N–H and O–H groups in total. The molecule has 0 radical (unpaired) electrons. The van der Waals surface area contributed by atoms with Crippen molar-refractivity contribution in [1.29, 1.82) is 0 Å². The first kappa shape index (κ1) is 14.4. The molecule has 0 aliphatic rings. The zero-order chi connectivity index (χ0) is 13.7. The van der Waals surface area contributed by atoms with Gasteiger partial charge >= 0.3 is 5.97 Å². The molecular weight excluding hydrogens is 230 g/mol. The Labute approximate surface area is 108 Å². The molecule has 0 aliphatic heterocycles. The molecule has 0 heterocycles. The first-order chi connectivity index (χ1) is 8.54. The number of carboxylic acids is 1. The zero-order valence-corrected chi connectivity index (χ0v) is 11.4. The van der Waals surface area contributed by atoms with E-state index in [0.29, 0.717) is 18.7 Å². The summed E-state index contributed by atoms with van der Waals surface area (Å²) < 4.78 is 5.32. The molecule has 4 heteroatoms. The van der Waals surface area contributed by atoms with E-state index in [1.165, 1.54) is 0 Å². The van der Waals surface area contributed by atoms with Crippen molar-refractivity contribution in [2.45, 2.75) is 33.2 Å². The number of hydrogen-bond donors (Lipinski definition) is 1. The first-order valence-corrected chi connectivity index (χ1v) is 6.19. The van der Waals surface area contributed by atoms with E-state index in [1.54, 1.807) is 7.11 Å². The molecule has 1 rings (SSSR count).